The molecule has 7 heteroatoms. The number of rotatable bonds is 3. The molecule has 0 aliphatic rings. The Kier molecular flexibility index (Phi) is 3.15. The fourth-order valence-electron chi connectivity index (χ4n) is 1.41. The molecule has 2 aromatic rings. The molecular formula is C9H10N2O3S2. The molecule has 1 unspecified atom stereocenters. The first-order chi connectivity index (χ1) is 7.63. The number of hydrogen-bond acceptors (Lipinski definition) is 5. The van der Waals surface area contributed by atoms with Gasteiger partial charge in [0.1, 0.15) is 5.39 Å². The van der Waals surface area contributed by atoms with E-state index in [0.29, 0.717) is 11.1 Å². The normalized spacial score (nSPS) is 13.1. The number of aromatic nitrogens is 2. The molecule has 2 rings (SSSR count). The molecule has 0 radical (unpaired) electrons. The van der Waals surface area contributed by atoms with Crippen molar-refractivity contribution in [3.63, 3.8) is 0 Å². The second-order valence-electron chi connectivity index (χ2n) is 3.35. The summed E-state index contributed by atoms with van der Waals surface area (Å²) in [5.74, 6) is 0.485. The van der Waals surface area contributed by atoms with Gasteiger partial charge in [-0.3, -0.25) is 14.3 Å². The molecule has 2 heterocycles. The number of H-pyrrole nitrogens is 1. The highest BCUT2D eigenvalue weighted by atomic mass is 32.1. The van der Waals surface area contributed by atoms with Gasteiger partial charge in [-0.05, 0) is 6.07 Å². The van der Waals surface area contributed by atoms with E-state index in [2.05, 4.69) is 30.2 Å². The lowest BCUT2D eigenvalue weighted by Gasteiger charge is -2.08. The summed E-state index contributed by atoms with van der Waals surface area (Å²) in [6.07, 6.45) is 1.36. The zero-order chi connectivity index (χ0) is 11.7. The summed E-state index contributed by atoms with van der Waals surface area (Å²) < 4.78 is 6.07. The minimum absolute atomic E-state index is 0.147. The van der Waals surface area contributed by atoms with Crippen LogP contribution in [0.1, 0.15) is 0 Å². The van der Waals surface area contributed by atoms with E-state index >= 15 is 0 Å². The van der Waals surface area contributed by atoms with E-state index in [1.807, 2.05) is 0 Å². The average Bonchev–Trinajstić information content (AvgIpc) is 2.71. The Morgan fingerprint density at radius 3 is 2.94 bits per heavy atom. The molecule has 0 saturated heterocycles. The zero-order valence-electron chi connectivity index (χ0n) is 8.21. The van der Waals surface area contributed by atoms with Gasteiger partial charge >= 0.3 is 5.69 Å². The minimum atomic E-state index is -0.492. The molecule has 0 aliphatic carbocycles. The van der Waals surface area contributed by atoms with Crippen molar-refractivity contribution in [3.05, 3.63) is 33.2 Å². The maximum Gasteiger partial charge on any atom is 0.331 e. The first-order valence-corrected chi connectivity index (χ1v) is 5.77. The van der Waals surface area contributed by atoms with E-state index in [-0.39, 0.29) is 23.1 Å². The van der Waals surface area contributed by atoms with Crippen LogP contribution >= 0.6 is 25.3 Å². The summed E-state index contributed by atoms with van der Waals surface area (Å²) in [7, 11) is 0. The van der Waals surface area contributed by atoms with Gasteiger partial charge in [-0.15, -0.1) is 0 Å². The quantitative estimate of drug-likeness (QED) is 0.703. The van der Waals surface area contributed by atoms with Gasteiger partial charge in [-0.25, -0.2) is 4.79 Å². The fourth-order valence-corrected chi connectivity index (χ4v) is 1.69. The van der Waals surface area contributed by atoms with E-state index in [0.717, 1.165) is 4.57 Å². The van der Waals surface area contributed by atoms with Crippen molar-refractivity contribution < 1.29 is 4.42 Å². The summed E-state index contributed by atoms with van der Waals surface area (Å²) in [5.41, 5.74) is -0.658. The van der Waals surface area contributed by atoms with Crippen LogP contribution in [-0.2, 0) is 6.54 Å². The summed E-state index contributed by atoms with van der Waals surface area (Å²) in [6.45, 7) is 0.224. The Morgan fingerprint density at radius 2 is 2.25 bits per heavy atom. The van der Waals surface area contributed by atoms with E-state index in [1.54, 1.807) is 0 Å². The largest absolute Gasteiger partial charge is 0.448 e. The number of aromatic amines is 1. The van der Waals surface area contributed by atoms with Gasteiger partial charge in [-0.1, -0.05) is 0 Å². The molecule has 5 nitrogen and oxygen atoms in total. The molecular weight excluding hydrogens is 248 g/mol. The lowest BCUT2D eigenvalue weighted by atomic mass is 10.4. The summed E-state index contributed by atoms with van der Waals surface area (Å²) in [4.78, 5) is 26.0. The van der Waals surface area contributed by atoms with Gasteiger partial charge in [0.15, 0.2) is 0 Å². The van der Waals surface area contributed by atoms with E-state index < -0.39 is 5.69 Å². The molecule has 0 saturated carbocycles. The monoisotopic (exact) mass is 258 g/mol. The van der Waals surface area contributed by atoms with Crippen molar-refractivity contribution >= 4 is 36.4 Å². The zero-order valence-corrected chi connectivity index (χ0v) is 10.0. The second kappa shape index (κ2) is 4.42. The van der Waals surface area contributed by atoms with Crippen LogP contribution in [0.4, 0.5) is 0 Å². The first kappa shape index (κ1) is 11.4. The molecule has 1 atom stereocenters. The Morgan fingerprint density at radius 1 is 1.50 bits per heavy atom. The van der Waals surface area contributed by atoms with Crippen LogP contribution in [0.25, 0.3) is 11.1 Å². The minimum Gasteiger partial charge on any atom is -0.448 e. The van der Waals surface area contributed by atoms with Gasteiger partial charge in [0.2, 0.25) is 5.71 Å². The molecule has 1 N–H and O–H groups in total. The Balaban J connectivity index is 2.60. The smallest absolute Gasteiger partial charge is 0.331 e. The average molecular weight is 258 g/mol. The lowest BCUT2D eigenvalue weighted by molar-refractivity contribution is 0.584. The number of furan rings is 1. The molecule has 16 heavy (non-hydrogen) atoms. The van der Waals surface area contributed by atoms with Crippen molar-refractivity contribution in [2.24, 2.45) is 0 Å². The predicted octanol–water partition coefficient (Wildman–Crippen LogP) is 0.511. The van der Waals surface area contributed by atoms with Crippen LogP contribution in [0, 0.1) is 0 Å². The van der Waals surface area contributed by atoms with Crippen LogP contribution < -0.4 is 11.2 Å². The first-order valence-electron chi connectivity index (χ1n) is 4.62. The molecule has 2 aromatic heterocycles. The molecule has 0 fully saturated rings. The summed E-state index contributed by atoms with van der Waals surface area (Å²) >= 11 is 8.26. The predicted molar refractivity (Wildman–Crippen MR) is 67.7 cm³/mol. The van der Waals surface area contributed by atoms with Gasteiger partial charge in [0.25, 0.3) is 5.56 Å². The van der Waals surface area contributed by atoms with Crippen molar-refractivity contribution in [1.82, 2.24) is 9.55 Å². The van der Waals surface area contributed by atoms with Crippen LogP contribution in [0.5, 0.6) is 0 Å². The molecule has 86 valence electrons. The topological polar surface area (TPSA) is 68.0 Å². The number of thiol groups is 2. The Labute approximate surface area is 101 Å². The third kappa shape index (κ3) is 1.92. The molecule has 0 bridgehead atoms. The molecule has 0 spiro atoms. The highest BCUT2D eigenvalue weighted by Crippen LogP contribution is 2.05. The van der Waals surface area contributed by atoms with Gasteiger partial charge in [0, 0.05) is 17.5 Å². The third-order valence-electron chi connectivity index (χ3n) is 2.21. The van der Waals surface area contributed by atoms with Gasteiger partial charge in [0.05, 0.1) is 6.26 Å². The van der Waals surface area contributed by atoms with E-state index in [4.69, 9.17) is 4.42 Å². The molecule has 0 amide bonds. The van der Waals surface area contributed by atoms with Crippen molar-refractivity contribution in [3.8, 4) is 0 Å². The SMILES string of the molecule is O=c1[nH]c2occc2c(=O)n1CC(S)CS. The number of hydrogen-bond donors (Lipinski definition) is 3. The Hall–Kier alpha value is -1.08. The van der Waals surface area contributed by atoms with Crippen LogP contribution in [0.15, 0.2) is 26.3 Å². The summed E-state index contributed by atoms with van der Waals surface area (Å²) in [5, 5.41) is 0.214. The van der Waals surface area contributed by atoms with Crippen molar-refractivity contribution in [1.29, 1.82) is 0 Å². The third-order valence-corrected chi connectivity index (χ3v) is 3.29. The summed E-state index contributed by atoms with van der Waals surface area (Å²) in [6, 6.07) is 1.53. The lowest BCUT2D eigenvalue weighted by Crippen LogP contribution is -2.37. The maximum absolute atomic E-state index is 11.9. The number of nitrogens with zero attached hydrogens (tertiary/aromatic N) is 1. The van der Waals surface area contributed by atoms with E-state index in [1.165, 1.54) is 12.3 Å². The van der Waals surface area contributed by atoms with Crippen molar-refractivity contribution in [2.75, 3.05) is 5.75 Å². The van der Waals surface area contributed by atoms with Crippen molar-refractivity contribution in [2.45, 2.75) is 11.8 Å². The van der Waals surface area contributed by atoms with Crippen LogP contribution in [0.2, 0.25) is 0 Å². The maximum atomic E-state index is 11.9. The highest BCUT2D eigenvalue weighted by Gasteiger charge is 2.11. The van der Waals surface area contributed by atoms with Gasteiger partial charge < -0.3 is 4.42 Å². The fraction of sp³-hybridized carbons (Fsp3) is 0.333. The highest BCUT2D eigenvalue weighted by molar-refractivity contribution is 7.84. The molecule has 0 aromatic carbocycles. The second-order valence-corrected chi connectivity index (χ2v) is 4.44. The van der Waals surface area contributed by atoms with Crippen LogP contribution in [-0.4, -0.2) is 20.6 Å². The van der Waals surface area contributed by atoms with E-state index in [9.17, 15) is 9.59 Å². The Bertz CT molecular complexity index is 613. The number of nitrogens with one attached hydrogen (secondary N) is 1. The molecule has 0 aliphatic heterocycles. The van der Waals surface area contributed by atoms with Crippen LogP contribution in [0.3, 0.4) is 0 Å². The number of fused-ring (bicyclic) bond motifs is 1. The van der Waals surface area contributed by atoms with Gasteiger partial charge in [-0.2, -0.15) is 25.3 Å². The standard InChI is InChI=1S/C9H10N2O3S2/c12-8-6-1-2-14-7(6)10-9(13)11(8)3-5(16)4-15/h1-2,5,15-16H,3-4H2,(H,10,13).